The van der Waals surface area contributed by atoms with Crippen LogP contribution in [0.4, 0.5) is 0 Å². The number of aliphatic hydroxyl groups excluding tert-OH is 1. The van der Waals surface area contributed by atoms with Gasteiger partial charge < -0.3 is 5.11 Å². The average Bonchev–Trinajstić information content (AvgIpc) is 2.61. The van der Waals surface area contributed by atoms with E-state index in [1.165, 1.54) is 30.4 Å². The third-order valence-corrected chi connectivity index (χ3v) is 4.88. The van der Waals surface area contributed by atoms with Gasteiger partial charge in [0, 0.05) is 0 Å². The standard InChI is InChI=1S/C15H24O/c1-10(2)13-5-6-15(9-13)8-11(3)14(16)7-12(15)4/h8,12-14,16H,1,5-7,9H2,2-4H3/t12-,13+,14-,15-/m1/s1. The molecule has 4 atom stereocenters. The molecule has 0 heterocycles. The lowest BCUT2D eigenvalue weighted by Crippen LogP contribution is -2.33. The molecule has 0 aromatic carbocycles. The summed E-state index contributed by atoms with van der Waals surface area (Å²) in [4.78, 5) is 0. The highest BCUT2D eigenvalue weighted by Gasteiger charge is 2.44. The van der Waals surface area contributed by atoms with Crippen LogP contribution in [0.15, 0.2) is 23.8 Å². The fourth-order valence-electron chi connectivity index (χ4n) is 3.55. The molecule has 2 aliphatic rings. The highest BCUT2D eigenvalue weighted by molar-refractivity contribution is 5.21. The van der Waals surface area contributed by atoms with Crippen molar-refractivity contribution in [3.8, 4) is 0 Å². The molecule has 90 valence electrons. The van der Waals surface area contributed by atoms with Crippen LogP contribution in [0, 0.1) is 17.3 Å². The highest BCUT2D eigenvalue weighted by atomic mass is 16.3. The molecular weight excluding hydrogens is 196 g/mol. The molecular formula is C15H24O. The minimum Gasteiger partial charge on any atom is -0.389 e. The van der Waals surface area contributed by atoms with E-state index in [0.29, 0.717) is 17.3 Å². The first kappa shape index (κ1) is 11.9. The van der Waals surface area contributed by atoms with Gasteiger partial charge in [0.2, 0.25) is 0 Å². The summed E-state index contributed by atoms with van der Waals surface area (Å²) in [6, 6.07) is 0. The maximum Gasteiger partial charge on any atom is 0.0750 e. The van der Waals surface area contributed by atoms with Crippen molar-refractivity contribution in [1.29, 1.82) is 0 Å². The van der Waals surface area contributed by atoms with Gasteiger partial charge >= 0.3 is 0 Å². The minimum absolute atomic E-state index is 0.204. The Hall–Kier alpha value is -0.560. The maximum absolute atomic E-state index is 9.88. The molecule has 0 bridgehead atoms. The summed E-state index contributed by atoms with van der Waals surface area (Å²) in [6.45, 7) is 10.6. The molecule has 1 N–H and O–H groups in total. The second kappa shape index (κ2) is 4.03. The Balaban J connectivity index is 2.23. The summed E-state index contributed by atoms with van der Waals surface area (Å²) in [5.74, 6) is 1.30. The fraction of sp³-hybridized carbons (Fsp3) is 0.733. The first-order chi connectivity index (χ1) is 7.44. The van der Waals surface area contributed by atoms with Gasteiger partial charge in [0.25, 0.3) is 0 Å². The van der Waals surface area contributed by atoms with E-state index in [-0.39, 0.29) is 6.10 Å². The smallest absolute Gasteiger partial charge is 0.0750 e. The maximum atomic E-state index is 9.88. The van der Waals surface area contributed by atoms with E-state index in [9.17, 15) is 5.11 Å². The molecule has 1 nitrogen and oxygen atoms in total. The van der Waals surface area contributed by atoms with Crippen LogP contribution >= 0.6 is 0 Å². The van der Waals surface area contributed by atoms with Crippen molar-refractivity contribution in [3.05, 3.63) is 23.8 Å². The summed E-state index contributed by atoms with van der Waals surface area (Å²) in [6.07, 6.45) is 6.90. The normalized spacial score (nSPS) is 43.5. The Morgan fingerprint density at radius 2 is 2.25 bits per heavy atom. The third kappa shape index (κ3) is 1.86. The SMILES string of the molecule is C=C(C)[C@H]1CC[C@@]2(C=C(C)[C@H](O)C[C@H]2C)C1. The second-order valence-electron chi connectivity index (χ2n) is 6.06. The quantitative estimate of drug-likeness (QED) is 0.668. The van der Waals surface area contributed by atoms with Crippen molar-refractivity contribution < 1.29 is 5.11 Å². The molecule has 2 rings (SSSR count). The van der Waals surface area contributed by atoms with Crippen LogP contribution < -0.4 is 0 Å². The van der Waals surface area contributed by atoms with Gasteiger partial charge in [0.1, 0.15) is 0 Å². The molecule has 1 heteroatoms. The lowest BCUT2D eigenvalue weighted by atomic mass is 9.67. The molecule has 0 saturated heterocycles. The molecule has 16 heavy (non-hydrogen) atoms. The number of allylic oxidation sites excluding steroid dienone is 2. The second-order valence-corrected chi connectivity index (χ2v) is 6.06. The fourth-order valence-corrected chi connectivity index (χ4v) is 3.55. The van der Waals surface area contributed by atoms with Crippen LogP contribution in [-0.2, 0) is 0 Å². The third-order valence-electron chi connectivity index (χ3n) is 4.88. The van der Waals surface area contributed by atoms with Gasteiger partial charge in [-0.05, 0) is 62.4 Å². The van der Waals surface area contributed by atoms with Crippen LogP contribution in [0.3, 0.4) is 0 Å². The monoisotopic (exact) mass is 220 g/mol. The van der Waals surface area contributed by atoms with E-state index in [1.54, 1.807) is 0 Å². The Labute approximate surface area is 99.3 Å². The summed E-state index contributed by atoms with van der Waals surface area (Å²) in [5.41, 5.74) is 2.87. The first-order valence-electron chi connectivity index (χ1n) is 6.47. The van der Waals surface area contributed by atoms with Gasteiger partial charge in [-0.1, -0.05) is 25.2 Å². The molecule has 1 spiro atoms. The van der Waals surface area contributed by atoms with Gasteiger partial charge in [-0.2, -0.15) is 0 Å². The number of rotatable bonds is 1. The molecule has 0 unspecified atom stereocenters. The summed E-state index contributed by atoms with van der Waals surface area (Å²) in [5, 5.41) is 9.88. The Morgan fingerprint density at radius 3 is 2.81 bits per heavy atom. The predicted molar refractivity (Wildman–Crippen MR) is 68.1 cm³/mol. The van der Waals surface area contributed by atoms with E-state index in [0.717, 1.165) is 6.42 Å². The van der Waals surface area contributed by atoms with Crippen LogP contribution in [0.25, 0.3) is 0 Å². The Morgan fingerprint density at radius 1 is 1.56 bits per heavy atom. The summed E-state index contributed by atoms with van der Waals surface area (Å²) in [7, 11) is 0. The summed E-state index contributed by atoms with van der Waals surface area (Å²) < 4.78 is 0. The van der Waals surface area contributed by atoms with Crippen molar-refractivity contribution in [2.45, 2.75) is 52.6 Å². The molecule has 2 aliphatic carbocycles. The largest absolute Gasteiger partial charge is 0.389 e. The Bertz CT molecular complexity index is 328. The Kier molecular flexibility index (Phi) is 3.00. The van der Waals surface area contributed by atoms with E-state index >= 15 is 0 Å². The highest BCUT2D eigenvalue weighted by Crippen LogP contribution is 2.53. The van der Waals surface area contributed by atoms with Crippen LogP contribution in [0.1, 0.15) is 46.5 Å². The minimum atomic E-state index is -0.204. The van der Waals surface area contributed by atoms with E-state index in [1.807, 2.05) is 0 Å². The predicted octanol–water partition coefficient (Wildman–Crippen LogP) is 3.70. The zero-order valence-electron chi connectivity index (χ0n) is 10.8. The van der Waals surface area contributed by atoms with Gasteiger partial charge in [0.15, 0.2) is 0 Å². The van der Waals surface area contributed by atoms with E-state index < -0.39 is 0 Å². The summed E-state index contributed by atoms with van der Waals surface area (Å²) >= 11 is 0. The van der Waals surface area contributed by atoms with Gasteiger partial charge in [0.05, 0.1) is 6.10 Å². The van der Waals surface area contributed by atoms with Crippen molar-refractivity contribution in [2.75, 3.05) is 0 Å². The lowest BCUT2D eigenvalue weighted by Gasteiger charge is -2.39. The van der Waals surface area contributed by atoms with Crippen LogP contribution in [0.5, 0.6) is 0 Å². The molecule has 1 saturated carbocycles. The molecule has 1 fully saturated rings. The van der Waals surface area contributed by atoms with Gasteiger partial charge in [-0.3, -0.25) is 0 Å². The number of hydrogen-bond donors (Lipinski definition) is 1. The first-order valence-corrected chi connectivity index (χ1v) is 6.47. The molecule has 0 aromatic heterocycles. The van der Waals surface area contributed by atoms with Crippen LogP contribution in [-0.4, -0.2) is 11.2 Å². The van der Waals surface area contributed by atoms with Crippen LogP contribution in [0.2, 0.25) is 0 Å². The van der Waals surface area contributed by atoms with Crippen molar-refractivity contribution in [2.24, 2.45) is 17.3 Å². The lowest BCUT2D eigenvalue weighted by molar-refractivity contribution is 0.111. The molecule has 0 aromatic rings. The number of hydrogen-bond acceptors (Lipinski definition) is 1. The molecule has 0 aliphatic heterocycles. The van der Waals surface area contributed by atoms with Crippen molar-refractivity contribution in [3.63, 3.8) is 0 Å². The zero-order chi connectivity index (χ0) is 11.9. The number of aliphatic hydroxyl groups is 1. The van der Waals surface area contributed by atoms with E-state index in [4.69, 9.17) is 0 Å². The molecule has 0 radical (unpaired) electrons. The topological polar surface area (TPSA) is 20.2 Å². The van der Waals surface area contributed by atoms with Gasteiger partial charge in [-0.25, -0.2) is 0 Å². The van der Waals surface area contributed by atoms with Gasteiger partial charge in [-0.15, -0.1) is 0 Å². The zero-order valence-corrected chi connectivity index (χ0v) is 10.8. The molecule has 0 amide bonds. The average molecular weight is 220 g/mol. The van der Waals surface area contributed by atoms with E-state index in [2.05, 4.69) is 33.4 Å². The van der Waals surface area contributed by atoms with Crippen molar-refractivity contribution >= 4 is 0 Å². The van der Waals surface area contributed by atoms with Crippen molar-refractivity contribution in [1.82, 2.24) is 0 Å².